The first-order chi connectivity index (χ1) is 18.2. The van der Waals surface area contributed by atoms with Crippen LogP contribution in [0.1, 0.15) is 29.0 Å². The van der Waals surface area contributed by atoms with Gasteiger partial charge >= 0.3 is 0 Å². The molecule has 0 bridgehead atoms. The standard InChI is InChI=1S/C27H37N5O5Si/c1-18-17-19(38(4,5)6)9-10-20(18)36-22-12-11-21(37-22)24(33)29-23-25(34-2)30-27(31-26(23)35-3)28-13-16-32-14-7-8-15-32/h9-12,17H,7-8,13-16H2,1-6H3,(H,29,33)(H,28,30,31). The molecule has 38 heavy (non-hydrogen) atoms. The summed E-state index contributed by atoms with van der Waals surface area (Å²) < 4.78 is 22.5. The van der Waals surface area contributed by atoms with E-state index in [1.165, 1.54) is 32.2 Å². The lowest BCUT2D eigenvalue weighted by atomic mass is 10.2. The molecule has 0 aliphatic carbocycles. The summed E-state index contributed by atoms with van der Waals surface area (Å²) in [6.45, 7) is 12.7. The van der Waals surface area contributed by atoms with Gasteiger partial charge in [-0.3, -0.25) is 4.79 Å². The minimum atomic E-state index is -1.43. The molecule has 2 aromatic heterocycles. The Morgan fingerprint density at radius 3 is 2.34 bits per heavy atom. The first-order valence-corrected chi connectivity index (χ1v) is 16.3. The molecule has 1 aliphatic rings. The van der Waals surface area contributed by atoms with E-state index in [1.807, 2.05) is 13.0 Å². The summed E-state index contributed by atoms with van der Waals surface area (Å²) in [5.41, 5.74) is 1.22. The highest BCUT2D eigenvalue weighted by Crippen LogP contribution is 2.33. The molecule has 1 fully saturated rings. The number of furan rings is 1. The van der Waals surface area contributed by atoms with Crippen LogP contribution in [0.15, 0.2) is 34.7 Å². The van der Waals surface area contributed by atoms with Crippen molar-refractivity contribution in [3.05, 3.63) is 41.7 Å². The molecule has 4 rings (SSSR count). The second-order valence-corrected chi connectivity index (χ2v) is 15.4. The Kier molecular flexibility index (Phi) is 8.57. The van der Waals surface area contributed by atoms with Crippen molar-refractivity contribution in [1.82, 2.24) is 14.9 Å². The number of hydrogen-bond donors (Lipinski definition) is 2. The Morgan fingerprint density at radius 1 is 1.05 bits per heavy atom. The molecule has 204 valence electrons. The predicted octanol–water partition coefficient (Wildman–Crippen LogP) is 4.49. The summed E-state index contributed by atoms with van der Waals surface area (Å²) in [7, 11) is 1.52. The van der Waals surface area contributed by atoms with Crippen LogP contribution in [0.4, 0.5) is 11.6 Å². The minimum Gasteiger partial charge on any atom is -0.479 e. The fourth-order valence-electron chi connectivity index (χ4n) is 4.25. The molecule has 3 aromatic rings. The predicted molar refractivity (Wildman–Crippen MR) is 150 cm³/mol. The van der Waals surface area contributed by atoms with Crippen LogP contribution in [0, 0.1) is 6.92 Å². The van der Waals surface area contributed by atoms with E-state index >= 15 is 0 Å². The first kappa shape index (κ1) is 27.5. The maximum absolute atomic E-state index is 13.0. The monoisotopic (exact) mass is 539 g/mol. The average molecular weight is 540 g/mol. The zero-order valence-corrected chi connectivity index (χ0v) is 24.0. The number of methoxy groups -OCH3 is 2. The molecule has 1 aliphatic heterocycles. The number of benzene rings is 1. The number of aromatic nitrogens is 2. The fourth-order valence-corrected chi connectivity index (χ4v) is 5.48. The number of carbonyl (C=O) groups excluding carboxylic acids is 1. The van der Waals surface area contributed by atoms with Crippen LogP contribution < -0.4 is 30.0 Å². The van der Waals surface area contributed by atoms with Gasteiger partial charge < -0.3 is 34.2 Å². The molecule has 0 atom stereocenters. The van der Waals surface area contributed by atoms with Crippen LogP contribution in [0.5, 0.6) is 23.5 Å². The average Bonchev–Trinajstić information content (AvgIpc) is 3.57. The van der Waals surface area contributed by atoms with E-state index < -0.39 is 14.0 Å². The van der Waals surface area contributed by atoms with Crippen LogP contribution in [0.3, 0.4) is 0 Å². The van der Waals surface area contributed by atoms with Crippen molar-refractivity contribution in [2.45, 2.75) is 39.4 Å². The van der Waals surface area contributed by atoms with Gasteiger partial charge in [-0.15, -0.1) is 0 Å². The van der Waals surface area contributed by atoms with E-state index in [4.69, 9.17) is 18.6 Å². The van der Waals surface area contributed by atoms with E-state index in [1.54, 1.807) is 12.1 Å². The van der Waals surface area contributed by atoms with Crippen LogP contribution in [-0.4, -0.2) is 69.2 Å². The van der Waals surface area contributed by atoms with Crippen LogP contribution in [-0.2, 0) is 0 Å². The highest BCUT2D eigenvalue weighted by Gasteiger charge is 2.22. The molecule has 3 heterocycles. The van der Waals surface area contributed by atoms with Crippen molar-refractivity contribution in [1.29, 1.82) is 0 Å². The molecular formula is C27H37N5O5Si. The fraction of sp³-hybridized carbons (Fsp3) is 0.444. The SMILES string of the molecule is COc1nc(NCCN2CCCC2)nc(OC)c1NC(=O)c1ccc(Oc2ccc([Si](C)(C)C)cc2C)o1. The summed E-state index contributed by atoms with van der Waals surface area (Å²) in [4.78, 5) is 24.2. The molecule has 2 N–H and O–H groups in total. The smallest absolute Gasteiger partial charge is 0.291 e. The molecule has 0 saturated carbocycles. The Bertz CT molecular complexity index is 1240. The van der Waals surface area contributed by atoms with Crippen molar-refractivity contribution in [2.24, 2.45) is 0 Å². The summed E-state index contributed by atoms with van der Waals surface area (Å²) in [6, 6.07) is 9.35. The van der Waals surface area contributed by atoms with Gasteiger partial charge in [0.05, 0.1) is 22.3 Å². The molecular weight excluding hydrogens is 502 g/mol. The van der Waals surface area contributed by atoms with E-state index in [9.17, 15) is 4.79 Å². The molecule has 10 nitrogen and oxygen atoms in total. The topological polar surface area (TPSA) is 111 Å². The van der Waals surface area contributed by atoms with E-state index in [0.29, 0.717) is 18.2 Å². The maximum Gasteiger partial charge on any atom is 0.291 e. The number of aryl methyl sites for hydroxylation is 1. The third-order valence-corrected chi connectivity index (χ3v) is 8.48. The number of hydrogen-bond acceptors (Lipinski definition) is 9. The third kappa shape index (κ3) is 6.64. The highest BCUT2D eigenvalue weighted by molar-refractivity contribution is 6.88. The van der Waals surface area contributed by atoms with Crippen molar-refractivity contribution in [2.75, 3.05) is 51.0 Å². The zero-order valence-electron chi connectivity index (χ0n) is 23.0. The quantitative estimate of drug-likeness (QED) is 0.340. The summed E-state index contributed by atoms with van der Waals surface area (Å²) in [5.74, 6) is 1.16. The van der Waals surface area contributed by atoms with Gasteiger partial charge in [-0.25, -0.2) is 0 Å². The van der Waals surface area contributed by atoms with Gasteiger partial charge in [0, 0.05) is 19.2 Å². The zero-order chi connectivity index (χ0) is 27.3. The van der Waals surface area contributed by atoms with Gasteiger partial charge in [-0.1, -0.05) is 37.0 Å². The molecule has 1 amide bonds. The lowest BCUT2D eigenvalue weighted by molar-refractivity contribution is 0.0990. The number of amides is 1. The van der Waals surface area contributed by atoms with E-state index in [-0.39, 0.29) is 29.2 Å². The van der Waals surface area contributed by atoms with Crippen LogP contribution in [0.2, 0.25) is 19.6 Å². The first-order valence-electron chi connectivity index (χ1n) is 12.8. The van der Waals surface area contributed by atoms with Crippen molar-refractivity contribution < 1.29 is 23.4 Å². The largest absolute Gasteiger partial charge is 0.479 e. The third-order valence-electron chi connectivity index (χ3n) is 6.43. The van der Waals surface area contributed by atoms with Crippen molar-refractivity contribution in [3.63, 3.8) is 0 Å². The summed E-state index contributed by atoms with van der Waals surface area (Å²) in [5, 5.41) is 7.30. The molecule has 11 heteroatoms. The number of carbonyl (C=O) groups is 1. The van der Waals surface area contributed by atoms with Gasteiger partial charge in [0.25, 0.3) is 11.9 Å². The number of nitrogens with zero attached hydrogens (tertiary/aromatic N) is 3. The van der Waals surface area contributed by atoms with Gasteiger partial charge in [-0.2, -0.15) is 9.97 Å². The Morgan fingerprint density at radius 2 is 1.74 bits per heavy atom. The Hall–Kier alpha value is -3.57. The number of ether oxygens (including phenoxy) is 3. The summed E-state index contributed by atoms with van der Waals surface area (Å²) >= 11 is 0. The second-order valence-electron chi connectivity index (χ2n) is 10.3. The number of rotatable bonds is 11. The summed E-state index contributed by atoms with van der Waals surface area (Å²) in [6.07, 6.45) is 2.47. The lowest BCUT2D eigenvalue weighted by Gasteiger charge is -2.18. The van der Waals surface area contributed by atoms with Gasteiger partial charge in [0.15, 0.2) is 11.4 Å². The molecule has 0 radical (unpaired) electrons. The van der Waals surface area contributed by atoms with E-state index in [0.717, 1.165) is 25.2 Å². The molecule has 1 aromatic carbocycles. The minimum absolute atomic E-state index is 0.0632. The van der Waals surface area contributed by atoms with Crippen LogP contribution >= 0.6 is 0 Å². The Balaban J connectivity index is 1.43. The van der Waals surface area contributed by atoms with Crippen molar-refractivity contribution in [3.8, 4) is 23.5 Å². The van der Waals surface area contributed by atoms with Crippen LogP contribution in [0.25, 0.3) is 0 Å². The van der Waals surface area contributed by atoms with E-state index in [2.05, 4.69) is 57.3 Å². The molecule has 1 saturated heterocycles. The molecule has 0 unspecified atom stereocenters. The number of likely N-dealkylation sites (tertiary alicyclic amines) is 1. The van der Waals surface area contributed by atoms with Gasteiger partial charge in [-0.05, 0) is 50.6 Å². The molecule has 0 spiro atoms. The highest BCUT2D eigenvalue weighted by atomic mass is 28.3. The Labute approximate surface area is 224 Å². The number of nitrogens with one attached hydrogen (secondary N) is 2. The van der Waals surface area contributed by atoms with Gasteiger partial charge in [0.2, 0.25) is 17.7 Å². The lowest BCUT2D eigenvalue weighted by Crippen LogP contribution is -2.37. The normalized spacial score (nSPS) is 13.8. The number of anilines is 2. The van der Waals surface area contributed by atoms with Gasteiger partial charge in [0.1, 0.15) is 5.75 Å². The van der Waals surface area contributed by atoms with Crippen molar-refractivity contribution >= 4 is 30.8 Å². The maximum atomic E-state index is 13.0. The second kappa shape index (κ2) is 11.9.